The molecule has 3 N–H and O–H groups in total. The summed E-state index contributed by atoms with van der Waals surface area (Å²) in [5, 5.41) is 8.75. The van der Waals surface area contributed by atoms with E-state index in [9.17, 15) is 8.42 Å². The molecular weight excluding hydrogens is 274 g/mol. The molecule has 2 rings (SSSR count). The quantitative estimate of drug-likeness (QED) is 0.855. The maximum absolute atomic E-state index is 12.2. The van der Waals surface area contributed by atoms with E-state index in [1.807, 2.05) is 12.3 Å². The van der Waals surface area contributed by atoms with Crippen LogP contribution in [0.4, 0.5) is 5.82 Å². The molecule has 0 amide bonds. The van der Waals surface area contributed by atoms with E-state index in [2.05, 4.69) is 15.2 Å². The number of H-pyrrole nitrogens is 1. The van der Waals surface area contributed by atoms with Crippen LogP contribution in [0.25, 0.3) is 0 Å². The molecule has 0 radical (unpaired) electrons. The lowest BCUT2D eigenvalue weighted by Gasteiger charge is -2.14. The van der Waals surface area contributed by atoms with E-state index >= 15 is 0 Å². The highest BCUT2D eigenvalue weighted by Crippen LogP contribution is 2.20. The fourth-order valence-corrected chi connectivity index (χ4v) is 3.20. The van der Waals surface area contributed by atoms with Crippen molar-refractivity contribution in [2.24, 2.45) is 0 Å². The van der Waals surface area contributed by atoms with Gasteiger partial charge in [-0.3, -0.25) is 5.10 Å². The van der Waals surface area contributed by atoms with Gasteiger partial charge in [0.05, 0.1) is 23.4 Å². The van der Waals surface area contributed by atoms with Crippen molar-refractivity contribution in [2.75, 3.05) is 12.8 Å². The van der Waals surface area contributed by atoms with Crippen LogP contribution >= 0.6 is 11.3 Å². The zero-order valence-corrected chi connectivity index (χ0v) is 11.5. The van der Waals surface area contributed by atoms with Crippen molar-refractivity contribution < 1.29 is 8.42 Å². The first-order valence-corrected chi connectivity index (χ1v) is 7.39. The van der Waals surface area contributed by atoms with E-state index in [1.165, 1.54) is 28.9 Å². The Labute approximate surface area is 109 Å². The average molecular weight is 287 g/mol. The van der Waals surface area contributed by atoms with E-state index < -0.39 is 10.0 Å². The molecule has 9 heteroatoms. The fourth-order valence-electron chi connectivity index (χ4n) is 1.45. The fraction of sp³-hybridized carbons (Fsp3) is 0.333. The van der Waals surface area contributed by atoms with Crippen LogP contribution in [0.5, 0.6) is 0 Å². The van der Waals surface area contributed by atoms with Crippen LogP contribution in [0.3, 0.4) is 0 Å². The summed E-state index contributed by atoms with van der Waals surface area (Å²) in [6, 6.07) is 0. The number of aromatic nitrogens is 3. The van der Waals surface area contributed by atoms with Gasteiger partial charge in [0.25, 0.3) is 0 Å². The summed E-state index contributed by atoms with van der Waals surface area (Å²) in [6.45, 7) is 2.08. The third kappa shape index (κ3) is 2.37. The normalized spacial score (nSPS) is 12.2. The number of hydrogen-bond donors (Lipinski definition) is 2. The minimum absolute atomic E-state index is 0.0167. The first kappa shape index (κ1) is 13.0. The highest BCUT2D eigenvalue weighted by molar-refractivity contribution is 7.89. The molecule has 0 aliphatic heterocycles. The Morgan fingerprint density at radius 2 is 2.28 bits per heavy atom. The molecule has 2 aromatic heterocycles. The molecule has 0 aromatic carbocycles. The van der Waals surface area contributed by atoms with Gasteiger partial charge in [0.1, 0.15) is 10.7 Å². The molecule has 0 bridgehead atoms. The van der Waals surface area contributed by atoms with Gasteiger partial charge in [0.2, 0.25) is 10.0 Å². The lowest BCUT2D eigenvalue weighted by Crippen LogP contribution is -2.27. The van der Waals surface area contributed by atoms with Gasteiger partial charge in [-0.1, -0.05) is 0 Å². The van der Waals surface area contributed by atoms with E-state index in [1.54, 1.807) is 0 Å². The van der Waals surface area contributed by atoms with Crippen molar-refractivity contribution in [1.29, 1.82) is 0 Å². The van der Waals surface area contributed by atoms with Crippen LogP contribution in [0.15, 0.2) is 16.5 Å². The lowest BCUT2D eigenvalue weighted by molar-refractivity contribution is 0.463. The van der Waals surface area contributed by atoms with Gasteiger partial charge in [0, 0.05) is 12.4 Å². The van der Waals surface area contributed by atoms with Crippen LogP contribution in [0.2, 0.25) is 0 Å². The van der Waals surface area contributed by atoms with Gasteiger partial charge in [-0.25, -0.2) is 13.4 Å². The number of anilines is 1. The lowest BCUT2D eigenvalue weighted by atomic mass is 10.5. The molecule has 18 heavy (non-hydrogen) atoms. The van der Waals surface area contributed by atoms with E-state index in [-0.39, 0.29) is 17.3 Å². The van der Waals surface area contributed by atoms with Gasteiger partial charge < -0.3 is 5.73 Å². The second kappa shape index (κ2) is 4.67. The van der Waals surface area contributed by atoms with Crippen LogP contribution in [0.1, 0.15) is 10.7 Å². The van der Waals surface area contributed by atoms with Crippen molar-refractivity contribution in [3.63, 3.8) is 0 Å². The molecular formula is C9H13N5O2S2. The summed E-state index contributed by atoms with van der Waals surface area (Å²) in [6.07, 6.45) is 1.20. The van der Waals surface area contributed by atoms with Gasteiger partial charge in [-0.15, -0.1) is 11.3 Å². The maximum Gasteiger partial charge on any atom is 0.248 e. The molecule has 0 saturated carbocycles. The zero-order chi connectivity index (χ0) is 13.3. The van der Waals surface area contributed by atoms with Gasteiger partial charge in [-0.05, 0) is 6.92 Å². The number of aromatic amines is 1. The molecule has 0 fully saturated rings. The standard InChI is InChI=1S/C9H13N5O2S2/c1-6-12-7(5-17-6)4-14(2)18(15,16)8-3-11-13-9(8)10/h3,5H,4H2,1-2H3,(H3,10,11,13). The first-order chi connectivity index (χ1) is 8.41. The van der Waals surface area contributed by atoms with E-state index in [0.717, 1.165) is 5.01 Å². The molecule has 0 spiro atoms. The Morgan fingerprint density at radius 3 is 2.78 bits per heavy atom. The number of thiazole rings is 1. The molecule has 0 saturated heterocycles. The minimum Gasteiger partial charge on any atom is -0.383 e. The number of nitrogens with two attached hydrogens (primary N) is 1. The SMILES string of the molecule is Cc1nc(CN(C)S(=O)(=O)c2cn[nH]c2N)cs1. The summed E-state index contributed by atoms with van der Waals surface area (Å²) in [5.74, 6) is 0.0382. The molecule has 0 atom stereocenters. The predicted molar refractivity (Wildman–Crippen MR) is 68.5 cm³/mol. The molecule has 2 aromatic rings. The third-order valence-corrected chi connectivity index (χ3v) is 5.02. The van der Waals surface area contributed by atoms with Gasteiger partial charge in [0.15, 0.2) is 0 Å². The second-order valence-electron chi connectivity index (χ2n) is 3.77. The molecule has 7 nitrogen and oxygen atoms in total. The summed E-state index contributed by atoms with van der Waals surface area (Å²) in [5.41, 5.74) is 6.24. The molecule has 0 unspecified atom stereocenters. The summed E-state index contributed by atoms with van der Waals surface area (Å²) < 4.78 is 25.6. The monoisotopic (exact) mass is 287 g/mol. The second-order valence-corrected chi connectivity index (χ2v) is 6.84. The van der Waals surface area contributed by atoms with Crippen molar-refractivity contribution in [2.45, 2.75) is 18.4 Å². The largest absolute Gasteiger partial charge is 0.383 e. The number of rotatable bonds is 4. The van der Waals surface area contributed by atoms with Gasteiger partial charge in [-0.2, -0.15) is 9.40 Å². The number of hydrogen-bond acceptors (Lipinski definition) is 6. The molecule has 2 heterocycles. The summed E-state index contributed by atoms with van der Waals surface area (Å²) >= 11 is 1.48. The smallest absolute Gasteiger partial charge is 0.248 e. The summed E-state index contributed by atoms with van der Waals surface area (Å²) in [7, 11) is -2.15. The number of nitrogens with zero attached hydrogens (tertiary/aromatic N) is 3. The van der Waals surface area contributed by atoms with E-state index in [4.69, 9.17) is 5.73 Å². The molecule has 98 valence electrons. The Balaban J connectivity index is 2.23. The van der Waals surface area contributed by atoms with Crippen LogP contribution in [0, 0.1) is 6.92 Å². The zero-order valence-electron chi connectivity index (χ0n) is 9.91. The van der Waals surface area contributed by atoms with Crippen LogP contribution < -0.4 is 5.73 Å². The van der Waals surface area contributed by atoms with E-state index in [0.29, 0.717) is 5.69 Å². The first-order valence-electron chi connectivity index (χ1n) is 5.07. The molecule has 0 aliphatic carbocycles. The summed E-state index contributed by atoms with van der Waals surface area (Å²) in [4.78, 5) is 4.21. The predicted octanol–water partition coefficient (Wildman–Crippen LogP) is 0.578. The third-order valence-electron chi connectivity index (χ3n) is 2.37. The highest BCUT2D eigenvalue weighted by Gasteiger charge is 2.25. The van der Waals surface area contributed by atoms with Gasteiger partial charge >= 0.3 is 0 Å². The number of sulfonamides is 1. The van der Waals surface area contributed by atoms with Crippen molar-refractivity contribution >= 4 is 27.2 Å². The van der Waals surface area contributed by atoms with Crippen molar-refractivity contribution in [3.05, 3.63) is 22.3 Å². The Bertz CT molecular complexity index is 645. The van der Waals surface area contributed by atoms with Crippen molar-refractivity contribution in [3.8, 4) is 0 Å². The number of aryl methyl sites for hydroxylation is 1. The average Bonchev–Trinajstić information content (AvgIpc) is 2.87. The van der Waals surface area contributed by atoms with Crippen LogP contribution in [-0.4, -0.2) is 35.0 Å². The number of nitrogen functional groups attached to an aromatic ring is 1. The molecule has 0 aliphatic rings. The Morgan fingerprint density at radius 1 is 1.56 bits per heavy atom. The number of nitrogens with one attached hydrogen (secondary N) is 1. The van der Waals surface area contributed by atoms with Crippen molar-refractivity contribution in [1.82, 2.24) is 19.5 Å². The topological polar surface area (TPSA) is 105 Å². The minimum atomic E-state index is -3.64. The Hall–Kier alpha value is -1.45. The Kier molecular flexibility index (Phi) is 3.37. The maximum atomic E-state index is 12.2. The van der Waals surface area contributed by atoms with Crippen LogP contribution in [-0.2, 0) is 16.6 Å². The highest BCUT2D eigenvalue weighted by atomic mass is 32.2.